The number of nitrogens with zero attached hydrogens (tertiary/aromatic N) is 1. The van der Waals surface area contributed by atoms with Gasteiger partial charge in [0.05, 0.1) is 5.51 Å². The summed E-state index contributed by atoms with van der Waals surface area (Å²) in [5, 5.41) is 1.93. The van der Waals surface area contributed by atoms with Gasteiger partial charge in [0.15, 0.2) is 0 Å². The van der Waals surface area contributed by atoms with Crippen LogP contribution in [0, 0.1) is 0 Å². The molecule has 1 heterocycles. The molecule has 0 saturated carbocycles. The lowest BCUT2D eigenvalue weighted by atomic mass is 11.0. The normalized spacial score (nSPS) is 8.33. The van der Waals surface area contributed by atoms with Crippen LogP contribution in [0.2, 0.25) is 0 Å². The smallest absolute Gasteiger partial charge is 0.284 e. The maximum absolute atomic E-state index is 8.67. The van der Waals surface area contributed by atoms with E-state index in [0.717, 1.165) is 0 Å². The molecule has 4 nitrogen and oxygen atoms in total. The van der Waals surface area contributed by atoms with Crippen molar-refractivity contribution in [3.63, 3.8) is 0 Å². The van der Waals surface area contributed by atoms with E-state index < -0.39 is 11.4 Å². The monoisotopic (exact) mass is 167 g/mol. The summed E-state index contributed by atoms with van der Waals surface area (Å²) < 4.78 is 22.8. The summed E-state index contributed by atoms with van der Waals surface area (Å²) in [5.41, 5.74) is 1.79. The summed E-state index contributed by atoms with van der Waals surface area (Å²) in [6.45, 7) is 0. The van der Waals surface area contributed by atoms with Gasteiger partial charge in [-0.15, -0.1) is 11.3 Å². The zero-order valence-electron chi connectivity index (χ0n) is 4.30. The molecule has 1 aromatic rings. The van der Waals surface area contributed by atoms with E-state index in [9.17, 15) is 0 Å². The van der Waals surface area contributed by atoms with Crippen molar-refractivity contribution in [1.82, 2.24) is 4.98 Å². The molecule has 6 heteroatoms. The number of rotatable bonds is 0. The Kier molecular flexibility index (Phi) is 5.64. The molecule has 0 aromatic carbocycles. The summed E-state index contributed by atoms with van der Waals surface area (Å²) in [7, 11) is 0. The maximum Gasteiger partial charge on any atom is 0.299 e. The van der Waals surface area contributed by atoms with E-state index >= 15 is 0 Å². The molecule has 0 fully saturated rings. The number of aromatic nitrogens is 1. The molecule has 1 rings (SSSR count). The Hall–Kier alpha value is -0.300. The van der Waals surface area contributed by atoms with Crippen LogP contribution in [0.5, 0.6) is 0 Å². The first-order chi connectivity index (χ1) is 4.23. The van der Waals surface area contributed by atoms with Crippen LogP contribution in [0.25, 0.3) is 0 Å². The van der Waals surface area contributed by atoms with Crippen LogP contribution in [0.15, 0.2) is 17.1 Å². The average Bonchev–Trinajstić information content (AvgIpc) is 2.11. The third-order valence-corrected chi connectivity index (χ3v) is 0.869. The van der Waals surface area contributed by atoms with Gasteiger partial charge in [-0.2, -0.15) is 4.21 Å². The minimum absolute atomic E-state index is 1.60. The summed E-state index contributed by atoms with van der Waals surface area (Å²) in [4.78, 5) is 3.74. The molecule has 0 spiro atoms. The highest BCUT2D eigenvalue weighted by atomic mass is 32.2. The Labute approximate surface area is 58.7 Å². The second kappa shape index (κ2) is 5.83. The molecule has 0 aliphatic carbocycles. The molecule has 0 radical (unpaired) electrons. The maximum atomic E-state index is 8.67. The van der Waals surface area contributed by atoms with Crippen LogP contribution < -0.4 is 0 Å². The zero-order valence-corrected chi connectivity index (χ0v) is 5.93. The first kappa shape index (κ1) is 8.70. The molecular weight excluding hydrogens is 162 g/mol. The Bertz CT molecular complexity index is 131. The minimum atomic E-state index is -2.61. The van der Waals surface area contributed by atoms with Gasteiger partial charge < -0.3 is 0 Å². The van der Waals surface area contributed by atoms with E-state index in [1.807, 2.05) is 5.38 Å². The van der Waals surface area contributed by atoms with Gasteiger partial charge >= 0.3 is 0 Å². The predicted molar refractivity (Wildman–Crippen MR) is 35.5 cm³/mol. The van der Waals surface area contributed by atoms with Crippen molar-refractivity contribution < 1.29 is 13.3 Å². The van der Waals surface area contributed by atoms with Crippen LogP contribution in [0.1, 0.15) is 0 Å². The molecule has 0 bridgehead atoms. The van der Waals surface area contributed by atoms with Crippen LogP contribution in [-0.4, -0.2) is 18.3 Å². The lowest BCUT2D eigenvalue weighted by Gasteiger charge is -1.59. The molecule has 2 N–H and O–H groups in total. The van der Waals surface area contributed by atoms with Gasteiger partial charge in [0.25, 0.3) is 11.4 Å². The van der Waals surface area contributed by atoms with Gasteiger partial charge in [-0.25, -0.2) is 0 Å². The zero-order chi connectivity index (χ0) is 7.11. The predicted octanol–water partition coefficient (Wildman–Crippen LogP) is 0.824. The van der Waals surface area contributed by atoms with Crippen molar-refractivity contribution in [1.29, 1.82) is 0 Å². The van der Waals surface area contributed by atoms with Gasteiger partial charge in [-0.05, 0) is 0 Å². The second-order valence-corrected chi connectivity index (χ2v) is 2.12. The molecule has 1 aromatic heterocycles. The Morgan fingerprint density at radius 3 is 2.22 bits per heavy atom. The van der Waals surface area contributed by atoms with Gasteiger partial charge in [-0.3, -0.25) is 14.1 Å². The quantitative estimate of drug-likeness (QED) is 0.561. The standard InChI is InChI=1S/C3H3NS.H2O3S/c1-2-5-3-4-1;1-4(2)3/h1-3H;(H2,1,2,3). The second-order valence-electron chi connectivity index (χ2n) is 0.906. The number of hydrogen-bond donors (Lipinski definition) is 2. The van der Waals surface area contributed by atoms with Crippen LogP contribution >= 0.6 is 11.3 Å². The molecule has 9 heavy (non-hydrogen) atoms. The van der Waals surface area contributed by atoms with Crippen molar-refractivity contribution in [2.75, 3.05) is 0 Å². The lowest BCUT2D eigenvalue weighted by Crippen LogP contribution is -1.74. The lowest BCUT2D eigenvalue weighted by molar-refractivity contribution is 0.454. The van der Waals surface area contributed by atoms with Crippen LogP contribution in [0.4, 0.5) is 0 Å². The van der Waals surface area contributed by atoms with Crippen LogP contribution in [0.3, 0.4) is 0 Å². The molecule has 0 unspecified atom stereocenters. The van der Waals surface area contributed by atoms with Gasteiger partial charge in [0.1, 0.15) is 0 Å². The van der Waals surface area contributed by atoms with E-state index in [1.165, 1.54) is 0 Å². The number of hydrogen-bond acceptors (Lipinski definition) is 3. The van der Waals surface area contributed by atoms with Crippen LogP contribution in [-0.2, 0) is 11.4 Å². The van der Waals surface area contributed by atoms with E-state index in [-0.39, 0.29) is 0 Å². The minimum Gasteiger partial charge on any atom is -0.284 e. The molecule has 0 amide bonds. The third kappa shape index (κ3) is 11.3. The topological polar surface area (TPSA) is 70.4 Å². The Morgan fingerprint density at radius 2 is 2.11 bits per heavy atom. The summed E-state index contributed by atoms with van der Waals surface area (Å²) >= 11 is -1.01. The van der Waals surface area contributed by atoms with Crippen molar-refractivity contribution in [3.05, 3.63) is 17.1 Å². The van der Waals surface area contributed by atoms with E-state index in [1.54, 1.807) is 23.0 Å². The molecule has 0 aliphatic rings. The van der Waals surface area contributed by atoms with E-state index in [4.69, 9.17) is 13.3 Å². The van der Waals surface area contributed by atoms with E-state index in [2.05, 4.69) is 4.98 Å². The van der Waals surface area contributed by atoms with Crippen molar-refractivity contribution >= 4 is 22.7 Å². The third-order valence-electron chi connectivity index (χ3n) is 0.347. The fourth-order valence-electron chi connectivity index (χ4n) is 0.176. The van der Waals surface area contributed by atoms with Gasteiger partial charge in [0.2, 0.25) is 0 Å². The highest BCUT2D eigenvalue weighted by molar-refractivity contribution is 7.73. The Morgan fingerprint density at radius 1 is 1.56 bits per heavy atom. The highest BCUT2D eigenvalue weighted by Gasteiger charge is 1.62. The Balaban J connectivity index is 0.000000148. The van der Waals surface area contributed by atoms with Crippen molar-refractivity contribution in [2.24, 2.45) is 0 Å². The molecular formula is C3H5NO3S2. The molecule has 0 atom stereocenters. The fraction of sp³-hybridized carbons (Fsp3) is 0. The van der Waals surface area contributed by atoms with E-state index in [0.29, 0.717) is 0 Å². The largest absolute Gasteiger partial charge is 0.299 e. The summed E-state index contributed by atoms with van der Waals surface area (Å²) in [6, 6.07) is 0. The highest BCUT2D eigenvalue weighted by Crippen LogP contribution is 1.85. The average molecular weight is 167 g/mol. The van der Waals surface area contributed by atoms with Crippen molar-refractivity contribution in [2.45, 2.75) is 0 Å². The van der Waals surface area contributed by atoms with Gasteiger partial charge in [0, 0.05) is 11.6 Å². The van der Waals surface area contributed by atoms with Gasteiger partial charge in [-0.1, -0.05) is 0 Å². The summed E-state index contributed by atoms with van der Waals surface area (Å²) in [5.74, 6) is 0. The first-order valence-electron chi connectivity index (χ1n) is 1.85. The molecule has 0 aliphatic heterocycles. The SMILES string of the molecule is O=S(O)O.c1cscn1. The molecule has 52 valence electrons. The summed E-state index contributed by atoms with van der Waals surface area (Å²) in [6.07, 6.45) is 1.77. The van der Waals surface area contributed by atoms with Crippen molar-refractivity contribution in [3.8, 4) is 0 Å². The fourth-order valence-corrected chi connectivity index (χ4v) is 0.527. The molecule has 0 saturated heterocycles. The first-order valence-corrected chi connectivity index (χ1v) is 3.86. The number of thiazole rings is 1.